The van der Waals surface area contributed by atoms with Gasteiger partial charge >= 0.3 is 11.9 Å². The molecule has 0 spiro atoms. The van der Waals surface area contributed by atoms with Crippen LogP contribution in [0.1, 0.15) is 52.7 Å². The number of ether oxygens (including phenoxy) is 2. The Hall–Kier alpha value is -1.20. The Labute approximate surface area is 231 Å². The van der Waals surface area contributed by atoms with Crippen molar-refractivity contribution in [1.29, 1.82) is 0 Å². The van der Waals surface area contributed by atoms with Crippen molar-refractivity contribution in [1.82, 2.24) is 15.0 Å². The Morgan fingerprint density at radius 3 is 1.47 bits per heavy atom. The van der Waals surface area contributed by atoms with E-state index >= 15 is 0 Å². The number of hydrogen-bond acceptors (Lipinski definition) is 7. The number of nitrogens with one attached hydrogen (secondary N) is 2. The molecule has 2 fully saturated rings. The lowest BCUT2D eigenvalue weighted by atomic mass is 9.79. The molecule has 8 nitrogen and oxygen atoms in total. The number of quaternary nitrogens is 2. The van der Waals surface area contributed by atoms with E-state index in [4.69, 9.17) is 24.4 Å². The molecule has 2 saturated heterocycles. The van der Waals surface area contributed by atoms with Gasteiger partial charge < -0.3 is 39.4 Å². The van der Waals surface area contributed by atoms with E-state index in [1.165, 1.54) is 9.80 Å². The summed E-state index contributed by atoms with van der Waals surface area (Å²) < 4.78 is 11.1. The summed E-state index contributed by atoms with van der Waals surface area (Å²) in [5.41, 5.74) is 1.50. The van der Waals surface area contributed by atoms with Crippen molar-refractivity contribution in [3.05, 3.63) is 23.3 Å². The molecule has 0 amide bonds. The van der Waals surface area contributed by atoms with Crippen LogP contribution in [0.15, 0.2) is 22.2 Å². The molecular formula is C25H39Cl2N5O3S. The van der Waals surface area contributed by atoms with Crippen molar-refractivity contribution in [3.8, 4) is 5.75 Å². The summed E-state index contributed by atoms with van der Waals surface area (Å²) >= 11 is 1.55. The molecule has 3 heterocycles. The highest BCUT2D eigenvalue weighted by Gasteiger charge is 2.29. The van der Waals surface area contributed by atoms with Gasteiger partial charge in [-0.1, -0.05) is 41.5 Å². The molecule has 202 valence electrons. The standard InChI is InChI=1S/C25H37N5O3S.2ClH/c1-24(2,3)18-15-17(16-19(20(18)31)25(4,5)6)34-23-27-21(29-7-11-32-12-8-29)26-22(28-23)30-9-13-33-14-10-30;;/h15-16,31H,7-14H2,1-6H3;2*1H. The van der Waals surface area contributed by atoms with Gasteiger partial charge in [0.1, 0.15) is 31.9 Å². The number of nitrogens with zero attached hydrogens (tertiary/aromatic N) is 3. The molecule has 0 bridgehead atoms. The van der Waals surface area contributed by atoms with Crippen LogP contribution in [0.5, 0.6) is 5.75 Å². The topological polar surface area (TPSA) is 86.2 Å². The summed E-state index contributed by atoms with van der Waals surface area (Å²) in [5.74, 6) is 1.97. The van der Waals surface area contributed by atoms with Crippen LogP contribution in [-0.4, -0.2) is 72.7 Å². The number of aromatic nitrogens is 3. The number of rotatable bonds is 4. The fourth-order valence-electron chi connectivity index (χ4n) is 4.32. The van der Waals surface area contributed by atoms with Crippen molar-refractivity contribution >= 4 is 23.7 Å². The number of morpholine rings is 2. The Kier molecular flexibility index (Phi) is 10.8. The molecule has 1 aromatic heterocycles. The summed E-state index contributed by atoms with van der Waals surface area (Å²) in [6.07, 6.45) is 0. The fourth-order valence-corrected chi connectivity index (χ4v) is 5.15. The molecule has 0 aliphatic carbocycles. The third-order valence-electron chi connectivity index (χ3n) is 6.35. The number of phenolic OH excluding ortho intramolecular Hbond substituents is 1. The van der Waals surface area contributed by atoms with E-state index < -0.39 is 0 Å². The molecule has 2 aromatic rings. The van der Waals surface area contributed by atoms with Crippen LogP contribution in [0, 0.1) is 0 Å². The maximum atomic E-state index is 11.1. The van der Waals surface area contributed by atoms with Crippen molar-refractivity contribution in [3.63, 3.8) is 0 Å². The lowest BCUT2D eigenvalue weighted by Gasteiger charge is -2.28. The number of phenols is 1. The van der Waals surface area contributed by atoms with Crippen molar-refractivity contribution in [2.24, 2.45) is 0 Å². The van der Waals surface area contributed by atoms with Crippen LogP contribution >= 0.6 is 11.8 Å². The first-order chi connectivity index (χ1) is 16.0. The van der Waals surface area contributed by atoms with Gasteiger partial charge in [0.2, 0.25) is 5.16 Å². The van der Waals surface area contributed by atoms with Crippen molar-refractivity contribution < 1.29 is 49.2 Å². The Morgan fingerprint density at radius 2 is 1.11 bits per heavy atom. The minimum absolute atomic E-state index is 0. The van der Waals surface area contributed by atoms with Gasteiger partial charge in [-0.25, -0.2) is 0 Å². The largest absolute Gasteiger partial charge is 1.00 e. The van der Waals surface area contributed by atoms with Crippen LogP contribution in [0.2, 0.25) is 0 Å². The lowest BCUT2D eigenvalue weighted by molar-refractivity contribution is -0.856. The maximum Gasteiger partial charge on any atom is 0.336 e. The first-order valence-corrected chi connectivity index (χ1v) is 13.0. The molecule has 0 radical (unpaired) electrons. The quantitative estimate of drug-likeness (QED) is 0.347. The monoisotopic (exact) mass is 559 g/mol. The van der Waals surface area contributed by atoms with Gasteiger partial charge in [0.25, 0.3) is 0 Å². The van der Waals surface area contributed by atoms with E-state index in [-0.39, 0.29) is 35.6 Å². The van der Waals surface area contributed by atoms with Crippen LogP contribution in [0.4, 0.5) is 11.9 Å². The highest BCUT2D eigenvalue weighted by Crippen LogP contribution is 2.42. The first kappa shape index (κ1) is 31.0. The summed E-state index contributed by atoms with van der Waals surface area (Å²) in [4.78, 5) is 18.2. The van der Waals surface area contributed by atoms with Gasteiger partial charge in [-0.05, 0) is 34.7 Å². The zero-order chi connectivity index (χ0) is 24.5. The Balaban J connectivity index is 0.00000228. The summed E-state index contributed by atoms with van der Waals surface area (Å²) in [6, 6.07) is 4.17. The second-order valence-corrected chi connectivity index (χ2v) is 12.2. The highest BCUT2D eigenvalue weighted by molar-refractivity contribution is 7.99. The van der Waals surface area contributed by atoms with Crippen molar-refractivity contribution in [2.45, 2.75) is 62.4 Å². The average molecular weight is 561 g/mol. The molecule has 4 rings (SSSR count). The Bertz CT molecular complexity index is 946. The molecule has 1 aromatic carbocycles. The predicted octanol–water partition coefficient (Wildman–Crippen LogP) is -4.58. The number of hydrogen-bond donors (Lipinski definition) is 3. The van der Waals surface area contributed by atoms with E-state index in [0.29, 0.717) is 37.3 Å². The molecule has 0 atom stereocenters. The summed E-state index contributed by atoms with van der Waals surface area (Å²) in [5, 5.41) is 11.8. The van der Waals surface area contributed by atoms with Crippen LogP contribution in [0.25, 0.3) is 0 Å². The second-order valence-electron chi connectivity index (χ2n) is 11.2. The van der Waals surface area contributed by atoms with E-state index in [2.05, 4.69) is 53.7 Å². The van der Waals surface area contributed by atoms with Gasteiger partial charge in [-0.15, -0.1) is 4.98 Å². The zero-order valence-corrected chi connectivity index (χ0v) is 24.4. The van der Waals surface area contributed by atoms with E-state index in [1.54, 1.807) is 11.8 Å². The zero-order valence-electron chi connectivity index (χ0n) is 22.1. The lowest BCUT2D eigenvalue weighted by Crippen LogP contribution is -3.11. The first-order valence-electron chi connectivity index (χ1n) is 12.2. The highest BCUT2D eigenvalue weighted by atomic mass is 35.5. The average Bonchev–Trinajstić information content (AvgIpc) is 2.79. The number of benzene rings is 1. The molecule has 11 heteroatoms. The molecule has 2 aliphatic rings. The molecule has 2 aliphatic heterocycles. The SMILES string of the molecule is CC(C)(C)c1cc(Sc2nc([NH+]3CCOCC3)nc([NH+]3CCOCC3)n2)cc(C(C)(C)C)c1O.[Cl-].[Cl-]. The minimum Gasteiger partial charge on any atom is -1.00 e. The number of aromatic hydroxyl groups is 1. The van der Waals surface area contributed by atoms with Crippen LogP contribution in [-0.2, 0) is 20.3 Å². The molecule has 0 unspecified atom stereocenters. The van der Waals surface area contributed by atoms with Gasteiger partial charge in [0, 0.05) is 16.0 Å². The van der Waals surface area contributed by atoms with Gasteiger partial charge in [0.05, 0.1) is 26.4 Å². The summed E-state index contributed by atoms with van der Waals surface area (Å²) in [6.45, 7) is 19.1. The molecular weight excluding hydrogens is 521 g/mol. The van der Waals surface area contributed by atoms with E-state index in [1.807, 2.05) is 0 Å². The Morgan fingerprint density at radius 1 is 0.722 bits per heavy atom. The second kappa shape index (κ2) is 12.6. The van der Waals surface area contributed by atoms with Gasteiger partial charge in [0.15, 0.2) is 0 Å². The molecule has 3 N–H and O–H groups in total. The third-order valence-corrected chi connectivity index (χ3v) is 7.19. The van der Waals surface area contributed by atoms with Crippen molar-refractivity contribution in [2.75, 3.05) is 52.6 Å². The third kappa shape index (κ3) is 7.43. The van der Waals surface area contributed by atoms with E-state index in [9.17, 15) is 5.11 Å². The molecule has 0 saturated carbocycles. The minimum atomic E-state index is -0.189. The van der Waals surface area contributed by atoms with Crippen LogP contribution < -0.4 is 34.6 Å². The van der Waals surface area contributed by atoms with Crippen LogP contribution in [0.3, 0.4) is 0 Å². The smallest absolute Gasteiger partial charge is 0.336 e. The van der Waals surface area contributed by atoms with Gasteiger partial charge in [-0.2, -0.15) is 9.97 Å². The summed E-state index contributed by atoms with van der Waals surface area (Å²) in [7, 11) is 0. The normalized spacial score (nSPS) is 17.8. The predicted molar refractivity (Wildman–Crippen MR) is 132 cm³/mol. The molecule has 36 heavy (non-hydrogen) atoms. The number of halogens is 2. The fraction of sp³-hybridized carbons (Fsp3) is 0.640. The maximum absolute atomic E-state index is 11.1. The van der Waals surface area contributed by atoms with E-state index in [0.717, 1.165) is 54.1 Å². The van der Waals surface area contributed by atoms with Gasteiger partial charge in [-0.3, -0.25) is 9.80 Å².